The van der Waals surface area contributed by atoms with E-state index in [0.717, 1.165) is 10.9 Å². The maximum atomic E-state index is 12.8. The molecular formula is C19H21NO5S. The highest BCUT2D eigenvalue weighted by Crippen LogP contribution is 2.35. The zero-order valence-corrected chi connectivity index (χ0v) is 15.8. The molecule has 138 valence electrons. The first-order chi connectivity index (χ1) is 12.3. The van der Waals surface area contributed by atoms with Crippen LogP contribution in [0.3, 0.4) is 0 Å². The fourth-order valence-corrected chi connectivity index (χ4v) is 4.22. The molecule has 2 aromatic carbocycles. The first-order valence-corrected chi connectivity index (χ1v) is 10.2. The normalized spacial score (nSPS) is 14.5. The lowest BCUT2D eigenvalue weighted by atomic mass is 9.88. The Morgan fingerprint density at radius 3 is 2.31 bits per heavy atom. The van der Waals surface area contributed by atoms with E-state index in [4.69, 9.17) is 4.28 Å². The van der Waals surface area contributed by atoms with Crippen LogP contribution in [0.4, 0.5) is 0 Å². The van der Waals surface area contributed by atoms with Gasteiger partial charge >= 0.3 is 0 Å². The number of unbranched alkanes of at least 4 members (excludes halogenated alkanes) is 1. The van der Waals surface area contributed by atoms with Gasteiger partial charge < -0.3 is 0 Å². The van der Waals surface area contributed by atoms with Crippen LogP contribution >= 0.6 is 0 Å². The molecule has 7 heteroatoms. The molecule has 1 aliphatic rings. The molecule has 0 aromatic heterocycles. The molecule has 0 saturated heterocycles. The molecule has 0 aliphatic carbocycles. The molecule has 0 bridgehead atoms. The molecule has 2 amide bonds. The highest BCUT2D eigenvalue weighted by molar-refractivity contribution is 7.86. The van der Waals surface area contributed by atoms with Crippen LogP contribution in [-0.4, -0.2) is 31.0 Å². The summed E-state index contributed by atoms with van der Waals surface area (Å²) in [4.78, 5) is 25.5. The molecule has 0 unspecified atom stereocenters. The summed E-state index contributed by atoms with van der Waals surface area (Å²) in [5.41, 5.74) is 1.56. The molecule has 2 aromatic rings. The minimum atomic E-state index is -4.02. The Hall–Kier alpha value is -2.25. The lowest BCUT2D eigenvalue weighted by molar-refractivity contribution is -0.0155. The maximum absolute atomic E-state index is 12.8. The second kappa shape index (κ2) is 6.81. The van der Waals surface area contributed by atoms with Gasteiger partial charge in [0.05, 0.1) is 16.9 Å². The largest absolute Gasteiger partial charge is 0.288 e. The Morgan fingerprint density at radius 1 is 1.04 bits per heavy atom. The van der Waals surface area contributed by atoms with E-state index >= 15 is 0 Å². The van der Waals surface area contributed by atoms with Crippen molar-refractivity contribution in [2.45, 2.75) is 39.5 Å². The first-order valence-electron chi connectivity index (χ1n) is 8.63. The number of nitrogens with zero attached hydrogens (tertiary/aromatic N) is 1. The SMILES string of the molecule is CCCCS(=O)(=O)ON1C(=O)c2cccc3c(C(C)C)ccc(c23)C1=O. The van der Waals surface area contributed by atoms with Crippen LogP contribution < -0.4 is 0 Å². The fourth-order valence-electron chi connectivity index (χ4n) is 3.14. The number of imide groups is 1. The summed E-state index contributed by atoms with van der Waals surface area (Å²) >= 11 is 0. The molecule has 0 N–H and O–H groups in total. The van der Waals surface area contributed by atoms with Crippen LogP contribution in [-0.2, 0) is 14.4 Å². The van der Waals surface area contributed by atoms with E-state index in [0.29, 0.717) is 23.3 Å². The van der Waals surface area contributed by atoms with Gasteiger partial charge in [0.15, 0.2) is 0 Å². The molecule has 1 aliphatic heterocycles. The zero-order chi connectivity index (χ0) is 19.1. The quantitative estimate of drug-likeness (QED) is 0.720. The third kappa shape index (κ3) is 3.12. The summed E-state index contributed by atoms with van der Waals surface area (Å²) in [6, 6.07) is 8.64. The maximum Gasteiger partial charge on any atom is 0.288 e. The average molecular weight is 375 g/mol. The molecule has 6 nitrogen and oxygen atoms in total. The van der Waals surface area contributed by atoms with Gasteiger partial charge in [-0.05, 0) is 35.4 Å². The highest BCUT2D eigenvalue weighted by Gasteiger charge is 2.37. The highest BCUT2D eigenvalue weighted by atomic mass is 32.2. The van der Waals surface area contributed by atoms with E-state index in [1.807, 2.05) is 32.9 Å². The second-order valence-corrected chi connectivity index (χ2v) is 8.35. The monoisotopic (exact) mass is 375 g/mol. The lowest BCUT2D eigenvalue weighted by Gasteiger charge is -2.26. The summed E-state index contributed by atoms with van der Waals surface area (Å²) in [6.07, 6.45) is 1.05. The number of hydroxylamine groups is 2. The van der Waals surface area contributed by atoms with Gasteiger partial charge in [-0.25, -0.2) is 0 Å². The van der Waals surface area contributed by atoms with Crippen LogP contribution in [0.2, 0.25) is 0 Å². The van der Waals surface area contributed by atoms with Crippen molar-refractivity contribution in [3.05, 3.63) is 47.0 Å². The molecular weight excluding hydrogens is 354 g/mol. The number of carbonyl (C=O) groups is 2. The van der Waals surface area contributed by atoms with Gasteiger partial charge in [0, 0.05) is 5.39 Å². The van der Waals surface area contributed by atoms with Gasteiger partial charge in [-0.3, -0.25) is 9.59 Å². The topological polar surface area (TPSA) is 80.8 Å². The number of benzene rings is 2. The number of rotatable bonds is 6. The molecule has 26 heavy (non-hydrogen) atoms. The summed E-state index contributed by atoms with van der Waals surface area (Å²) in [5.74, 6) is -1.54. The predicted molar refractivity (Wildman–Crippen MR) is 98.3 cm³/mol. The van der Waals surface area contributed by atoms with Crippen LogP contribution in [0.5, 0.6) is 0 Å². The van der Waals surface area contributed by atoms with E-state index in [2.05, 4.69) is 0 Å². The Labute approximate surface area is 152 Å². The van der Waals surface area contributed by atoms with Gasteiger partial charge in [-0.15, -0.1) is 9.35 Å². The standard InChI is InChI=1S/C19H21NO5S/c1-4-5-11-26(23,24)25-20-18(21)15-8-6-7-14-13(12(2)3)9-10-16(17(14)15)19(20)22/h6-10,12H,4-5,11H2,1-3H3. The summed E-state index contributed by atoms with van der Waals surface area (Å²) in [7, 11) is -4.02. The van der Waals surface area contributed by atoms with Crippen molar-refractivity contribution >= 4 is 32.7 Å². The van der Waals surface area contributed by atoms with Crippen LogP contribution in [0.25, 0.3) is 10.8 Å². The molecule has 0 radical (unpaired) electrons. The first kappa shape index (κ1) is 18.5. The van der Waals surface area contributed by atoms with Crippen molar-refractivity contribution in [2.75, 3.05) is 5.75 Å². The van der Waals surface area contributed by atoms with Crippen LogP contribution in [0.15, 0.2) is 30.3 Å². The number of hydrogen-bond acceptors (Lipinski definition) is 5. The summed E-state index contributed by atoms with van der Waals surface area (Å²) < 4.78 is 29.0. The molecule has 3 rings (SSSR count). The Bertz CT molecular complexity index is 972. The number of hydrogen-bond donors (Lipinski definition) is 0. The van der Waals surface area contributed by atoms with Crippen molar-refractivity contribution in [1.82, 2.24) is 5.06 Å². The molecule has 0 spiro atoms. The second-order valence-electron chi connectivity index (χ2n) is 6.68. The molecule has 0 saturated carbocycles. The van der Waals surface area contributed by atoms with E-state index in [9.17, 15) is 18.0 Å². The molecule has 1 heterocycles. The lowest BCUT2D eigenvalue weighted by Crippen LogP contribution is -2.42. The minimum Gasteiger partial charge on any atom is -0.266 e. The van der Waals surface area contributed by atoms with Crippen molar-refractivity contribution in [3.8, 4) is 0 Å². The van der Waals surface area contributed by atoms with Crippen molar-refractivity contribution in [1.29, 1.82) is 0 Å². The van der Waals surface area contributed by atoms with E-state index in [1.165, 1.54) is 0 Å². The molecule has 0 atom stereocenters. The van der Waals surface area contributed by atoms with Gasteiger partial charge in [-0.1, -0.05) is 45.4 Å². The minimum absolute atomic E-state index is 0.216. The number of carbonyl (C=O) groups excluding carboxylic acids is 2. The summed E-state index contributed by atoms with van der Waals surface area (Å²) in [5, 5.41) is 1.75. The Kier molecular flexibility index (Phi) is 4.86. The van der Waals surface area contributed by atoms with Crippen molar-refractivity contribution in [2.24, 2.45) is 0 Å². The van der Waals surface area contributed by atoms with Gasteiger partial charge in [0.2, 0.25) is 0 Å². The zero-order valence-electron chi connectivity index (χ0n) is 15.0. The molecule has 0 fully saturated rings. The van der Waals surface area contributed by atoms with Crippen molar-refractivity contribution < 1.29 is 22.3 Å². The smallest absolute Gasteiger partial charge is 0.266 e. The van der Waals surface area contributed by atoms with E-state index in [1.54, 1.807) is 18.2 Å². The third-order valence-electron chi connectivity index (χ3n) is 4.46. The average Bonchev–Trinajstić information content (AvgIpc) is 2.61. The van der Waals surface area contributed by atoms with Gasteiger partial charge in [0.25, 0.3) is 21.9 Å². The van der Waals surface area contributed by atoms with E-state index < -0.39 is 21.9 Å². The summed E-state index contributed by atoms with van der Waals surface area (Å²) in [6.45, 7) is 5.91. The van der Waals surface area contributed by atoms with Crippen LogP contribution in [0.1, 0.15) is 65.8 Å². The Balaban J connectivity index is 2.10. The third-order valence-corrected chi connectivity index (χ3v) is 5.63. The van der Waals surface area contributed by atoms with Crippen molar-refractivity contribution in [3.63, 3.8) is 0 Å². The predicted octanol–water partition coefficient (Wildman–Crippen LogP) is 3.62. The fraction of sp³-hybridized carbons (Fsp3) is 0.368. The Morgan fingerprint density at radius 2 is 1.69 bits per heavy atom. The van der Waals surface area contributed by atoms with E-state index in [-0.39, 0.29) is 22.8 Å². The van der Waals surface area contributed by atoms with Crippen LogP contribution in [0, 0.1) is 0 Å². The van der Waals surface area contributed by atoms with Gasteiger partial charge in [-0.2, -0.15) is 8.42 Å². The number of amides is 2. The van der Waals surface area contributed by atoms with Gasteiger partial charge in [0.1, 0.15) is 0 Å².